The second-order valence-electron chi connectivity index (χ2n) is 6.53. The van der Waals surface area contributed by atoms with Gasteiger partial charge in [-0.2, -0.15) is 0 Å². The average Bonchev–Trinajstić information content (AvgIpc) is 3.01. The molecule has 2 N–H and O–H groups in total. The molecule has 0 spiro atoms. The van der Waals surface area contributed by atoms with Crippen molar-refractivity contribution in [3.8, 4) is 11.5 Å². The molecule has 0 radical (unpaired) electrons. The molecule has 2 saturated heterocycles. The van der Waals surface area contributed by atoms with Gasteiger partial charge in [0.1, 0.15) is 6.61 Å². The lowest BCUT2D eigenvalue weighted by Crippen LogP contribution is -2.48. The number of ether oxygens (including phenoxy) is 3. The third kappa shape index (κ3) is 4.62. The van der Waals surface area contributed by atoms with Crippen molar-refractivity contribution >= 4 is 0 Å². The summed E-state index contributed by atoms with van der Waals surface area (Å²) in [5, 5.41) is 19.3. The molecule has 2 heterocycles. The number of benzene rings is 1. The fourth-order valence-electron chi connectivity index (χ4n) is 3.59. The first-order chi connectivity index (χ1) is 12.2. The normalized spacial score (nSPS) is 25.2. The third-order valence-electron chi connectivity index (χ3n) is 4.83. The number of aliphatic hydroxyl groups is 2. The van der Waals surface area contributed by atoms with Gasteiger partial charge in [0.15, 0.2) is 11.5 Å². The molecule has 25 heavy (non-hydrogen) atoms. The summed E-state index contributed by atoms with van der Waals surface area (Å²) in [7, 11) is 1.61. The SMILES string of the molecule is COc1cc(CN2C[C@H](O)[C@@H](N3CCOCC3)C2)ccc1OCCO. The molecule has 0 bridgehead atoms. The third-order valence-corrected chi connectivity index (χ3v) is 4.83. The quantitative estimate of drug-likeness (QED) is 0.712. The van der Waals surface area contributed by atoms with E-state index in [1.165, 1.54) is 0 Å². The maximum Gasteiger partial charge on any atom is 0.161 e. The van der Waals surface area contributed by atoms with E-state index in [-0.39, 0.29) is 25.4 Å². The number of aliphatic hydroxyl groups excluding tert-OH is 2. The molecule has 0 aromatic heterocycles. The lowest BCUT2D eigenvalue weighted by atomic mass is 10.1. The first kappa shape index (κ1) is 18.4. The van der Waals surface area contributed by atoms with Gasteiger partial charge in [-0.25, -0.2) is 0 Å². The van der Waals surface area contributed by atoms with Crippen molar-refractivity contribution in [2.75, 3.05) is 59.7 Å². The lowest BCUT2D eigenvalue weighted by Gasteiger charge is -2.33. The van der Waals surface area contributed by atoms with Crippen LogP contribution >= 0.6 is 0 Å². The van der Waals surface area contributed by atoms with E-state index in [1.54, 1.807) is 7.11 Å². The van der Waals surface area contributed by atoms with Gasteiger partial charge in [-0.05, 0) is 17.7 Å². The first-order valence-corrected chi connectivity index (χ1v) is 8.84. The minimum Gasteiger partial charge on any atom is -0.493 e. The molecule has 2 atom stereocenters. The molecule has 0 unspecified atom stereocenters. The summed E-state index contributed by atoms with van der Waals surface area (Å²) >= 11 is 0. The lowest BCUT2D eigenvalue weighted by molar-refractivity contribution is -0.00618. The zero-order valence-electron chi connectivity index (χ0n) is 14.8. The number of β-amino-alcohol motifs (C(OH)–C–C–N with tert-alkyl or cyclic N) is 1. The molecule has 3 rings (SSSR count). The highest BCUT2D eigenvalue weighted by molar-refractivity contribution is 5.43. The molecule has 1 aromatic carbocycles. The van der Waals surface area contributed by atoms with Gasteiger partial charge in [0, 0.05) is 38.8 Å². The number of likely N-dealkylation sites (tertiary alicyclic amines) is 1. The first-order valence-electron chi connectivity index (χ1n) is 8.84. The van der Waals surface area contributed by atoms with Crippen molar-refractivity contribution in [2.45, 2.75) is 18.7 Å². The minimum atomic E-state index is -0.327. The van der Waals surface area contributed by atoms with Crippen LogP contribution in [0, 0.1) is 0 Å². The van der Waals surface area contributed by atoms with Gasteiger partial charge in [0.2, 0.25) is 0 Å². The molecular formula is C18H28N2O5. The molecule has 7 heteroatoms. The van der Waals surface area contributed by atoms with Gasteiger partial charge >= 0.3 is 0 Å². The molecule has 2 aliphatic heterocycles. The molecule has 0 amide bonds. The molecule has 0 saturated carbocycles. The molecule has 2 aliphatic rings. The van der Waals surface area contributed by atoms with E-state index >= 15 is 0 Å². The van der Waals surface area contributed by atoms with Crippen molar-refractivity contribution in [3.63, 3.8) is 0 Å². The summed E-state index contributed by atoms with van der Waals surface area (Å²) in [6, 6.07) is 6.01. The summed E-state index contributed by atoms with van der Waals surface area (Å²) in [6.07, 6.45) is -0.327. The number of methoxy groups -OCH3 is 1. The van der Waals surface area contributed by atoms with Gasteiger partial charge in [-0.15, -0.1) is 0 Å². The number of nitrogens with zero attached hydrogens (tertiary/aromatic N) is 2. The van der Waals surface area contributed by atoms with E-state index in [2.05, 4.69) is 9.80 Å². The smallest absolute Gasteiger partial charge is 0.161 e. The Hall–Kier alpha value is -1.38. The Bertz CT molecular complexity index is 550. The van der Waals surface area contributed by atoms with E-state index in [1.807, 2.05) is 18.2 Å². The van der Waals surface area contributed by atoms with E-state index in [0.29, 0.717) is 18.0 Å². The molecule has 1 aromatic rings. The summed E-state index contributed by atoms with van der Waals surface area (Å²) in [4.78, 5) is 4.61. The molecule has 140 valence electrons. The number of hydrogen-bond acceptors (Lipinski definition) is 7. The predicted molar refractivity (Wildman–Crippen MR) is 93.0 cm³/mol. The summed E-state index contributed by atoms with van der Waals surface area (Å²) < 4.78 is 16.3. The Morgan fingerprint density at radius 1 is 1.20 bits per heavy atom. The monoisotopic (exact) mass is 352 g/mol. The number of rotatable bonds is 7. The summed E-state index contributed by atoms with van der Waals surface area (Å²) in [6.45, 7) is 5.77. The van der Waals surface area contributed by atoms with Gasteiger partial charge in [-0.3, -0.25) is 9.80 Å². The summed E-state index contributed by atoms with van der Waals surface area (Å²) in [5.41, 5.74) is 1.11. The predicted octanol–water partition coefficient (Wildman–Crippen LogP) is -0.0564. The zero-order valence-corrected chi connectivity index (χ0v) is 14.8. The molecule has 0 aliphatic carbocycles. The van der Waals surface area contributed by atoms with Crippen LogP contribution in [0.25, 0.3) is 0 Å². The zero-order chi connectivity index (χ0) is 17.6. The second kappa shape index (κ2) is 8.82. The van der Waals surface area contributed by atoms with Crippen LogP contribution in [-0.2, 0) is 11.3 Å². The van der Waals surface area contributed by atoms with Crippen LogP contribution in [-0.4, -0.2) is 91.9 Å². The Morgan fingerprint density at radius 3 is 2.72 bits per heavy atom. The van der Waals surface area contributed by atoms with E-state index in [0.717, 1.165) is 45.0 Å². The van der Waals surface area contributed by atoms with Crippen LogP contribution in [0.3, 0.4) is 0 Å². The van der Waals surface area contributed by atoms with E-state index in [4.69, 9.17) is 19.3 Å². The van der Waals surface area contributed by atoms with Crippen LogP contribution in [0.2, 0.25) is 0 Å². The van der Waals surface area contributed by atoms with Gasteiger partial charge in [-0.1, -0.05) is 6.07 Å². The van der Waals surface area contributed by atoms with Gasteiger partial charge in [0.05, 0.1) is 33.0 Å². The number of hydrogen-bond donors (Lipinski definition) is 2. The fourth-order valence-corrected chi connectivity index (χ4v) is 3.59. The van der Waals surface area contributed by atoms with Crippen LogP contribution in [0.5, 0.6) is 11.5 Å². The van der Waals surface area contributed by atoms with Crippen molar-refractivity contribution in [1.29, 1.82) is 0 Å². The highest BCUT2D eigenvalue weighted by Crippen LogP contribution is 2.29. The molecule has 2 fully saturated rings. The Kier molecular flexibility index (Phi) is 6.50. The molecule has 7 nitrogen and oxygen atoms in total. The Morgan fingerprint density at radius 2 is 2.00 bits per heavy atom. The van der Waals surface area contributed by atoms with Crippen molar-refractivity contribution in [3.05, 3.63) is 23.8 Å². The van der Waals surface area contributed by atoms with Crippen LogP contribution in [0.4, 0.5) is 0 Å². The maximum atomic E-state index is 10.4. The Balaban J connectivity index is 1.60. The maximum absolute atomic E-state index is 10.4. The van der Waals surface area contributed by atoms with E-state index < -0.39 is 0 Å². The highest BCUT2D eigenvalue weighted by Gasteiger charge is 2.35. The average molecular weight is 352 g/mol. The van der Waals surface area contributed by atoms with Crippen molar-refractivity contribution in [2.24, 2.45) is 0 Å². The standard InChI is InChI=1S/C18H28N2O5/c1-23-18-10-14(2-3-17(18)25-9-6-21)11-19-12-15(16(22)13-19)20-4-7-24-8-5-20/h2-3,10,15-16,21-22H,4-9,11-13H2,1H3/t15-,16-/m0/s1. The Labute approximate surface area is 148 Å². The second-order valence-corrected chi connectivity index (χ2v) is 6.53. The van der Waals surface area contributed by atoms with Crippen molar-refractivity contribution < 1.29 is 24.4 Å². The molecular weight excluding hydrogens is 324 g/mol. The highest BCUT2D eigenvalue weighted by atomic mass is 16.5. The largest absolute Gasteiger partial charge is 0.493 e. The fraction of sp³-hybridized carbons (Fsp3) is 0.667. The number of morpholine rings is 1. The van der Waals surface area contributed by atoms with Crippen LogP contribution in [0.1, 0.15) is 5.56 Å². The van der Waals surface area contributed by atoms with Gasteiger partial charge < -0.3 is 24.4 Å². The van der Waals surface area contributed by atoms with Crippen molar-refractivity contribution in [1.82, 2.24) is 9.80 Å². The van der Waals surface area contributed by atoms with Gasteiger partial charge in [0.25, 0.3) is 0 Å². The summed E-state index contributed by atoms with van der Waals surface area (Å²) in [5.74, 6) is 1.29. The van der Waals surface area contributed by atoms with E-state index in [9.17, 15) is 5.11 Å². The minimum absolute atomic E-state index is 0.0283. The van der Waals surface area contributed by atoms with Crippen LogP contribution < -0.4 is 9.47 Å². The topological polar surface area (TPSA) is 74.6 Å². The van der Waals surface area contributed by atoms with Crippen LogP contribution in [0.15, 0.2) is 18.2 Å².